The average Bonchev–Trinajstić information content (AvgIpc) is 2.35. The van der Waals surface area contributed by atoms with Gasteiger partial charge in [-0.1, -0.05) is 24.6 Å². The van der Waals surface area contributed by atoms with E-state index < -0.39 is 0 Å². The number of halogens is 1. The summed E-state index contributed by atoms with van der Waals surface area (Å²) in [7, 11) is 3.26. The first-order chi connectivity index (χ1) is 8.17. The van der Waals surface area contributed by atoms with Gasteiger partial charge in [-0.2, -0.15) is 0 Å². The molecule has 1 aromatic carbocycles. The predicted octanol–water partition coefficient (Wildman–Crippen LogP) is 4.43. The first-order valence-corrected chi connectivity index (χ1v) is 6.08. The maximum Gasteiger partial charge on any atom is 0.141 e. The fourth-order valence-electron chi connectivity index (χ4n) is 1.92. The number of allylic oxidation sites excluding steroid dienone is 1. The molecular formula is C14H19ClO2. The van der Waals surface area contributed by atoms with Gasteiger partial charge in [0.2, 0.25) is 0 Å². The lowest BCUT2D eigenvalue weighted by Gasteiger charge is -2.18. The highest BCUT2D eigenvalue weighted by Gasteiger charge is 2.16. The van der Waals surface area contributed by atoms with Crippen LogP contribution in [0, 0.1) is 0 Å². The van der Waals surface area contributed by atoms with E-state index >= 15 is 0 Å². The number of benzene rings is 1. The highest BCUT2D eigenvalue weighted by Crippen LogP contribution is 2.38. The maximum atomic E-state index is 6.15. The highest BCUT2D eigenvalue weighted by atomic mass is 35.5. The molecule has 3 heteroatoms. The van der Waals surface area contributed by atoms with Crippen molar-refractivity contribution in [1.82, 2.24) is 0 Å². The monoisotopic (exact) mass is 254 g/mol. The first-order valence-electron chi connectivity index (χ1n) is 5.70. The highest BCUT2D eigenvalue weighted by molar-refractivity contribution is 6.32. The molecule has 1 rings (SSSR count). The van der Waals surface area contributed by atoms with Gasteiger partial charge < -0.3 is 9.47 Å². The molecule has 0 saturated heterocycles. The molecule has 0 aliphatic heterocycles. The molecule has 1 aromatic rings. The summed E-state index contributed by atoms with van der Waals surface area (Å²) in [5.41, 5.74) is 1.11. The SMILES string of the molecule is C=CCC(CC)c1cc(Cl)c(OC)cc1OC. The molecule has 2 nitrogen and oxygen atoms in total. The smallest absolute Gasteiger partial charge is 0.141 e. The van der Waals surface area contributed by atoms with Gasteiger partial charge in [0.05, 0.1) is 19.2 Å². The van der Waals surface area contributed by atoms with Gasteiger partial charge in [-0.3, -0.25) is 0 Å². The van der Waals surface area contributed by atoms with Crippen molar-refractivity contribution in [3.05, 3.63) is 35.4 Å². The molecule has 0 amide bonds. The van der Waals surface area contributed by atoms with E-state index in [0.717, 1.165) is 24.2 Å². The number of rotatable bonds is 6. The zero-order valence-corrected chi connectivity index (χ0v) is 11.4. The van der Waals surface area contributed by atoms with Crippen LogP contribution < -0.4 is 9.47 Å². The second kappa shape index (κ2) is 6.55. The lowest BCUT2D eigenvalue weighted by molar-refractivity contribution is 0.388. The zero-order chi connectivity index (χ0) is 12.8. The molecule has 94 valence electrons. The van der Waals surface area contributed by atoms with Crippen LogP contribution in [0.4, 0.5) is 0 Å². The number of hydrogen-bond acceptors (Lipinski definition) is 2. The second-order valence-electron chi connectivity index (χ2n) is 3.86. The van der Waals surface area contributed by atoms with Crippen LogP contribution in [0.2, 0.25) is 5.02 Å². The number of methoxy groups -OCH3 is 2. The van der Waals surface area contributed by atoms with Crippen LogP contribution in [-0.2, 0) is 0 Å². The molecule has 0 heterocycles. The normalized spacial score (nSPS) is 12.0. The molecule has 0 bridgehead atoms. The van der Waals surface area contributed by atoms with Crippen molar-refractivity contribution in [2.75, 3.05) is 14.2 Å². The third-order valence-electron chi connectivity index (χ3n) is 2.89. The Hall–Kier alpha value is -1.15. The van der Waals surface area contributed by atoms with Crippen molar-refractivity contribution in [3.8, 4) is 11.5 Å². The fraction of sp³-hybridized carbons (Fsp3) is 0.429. The van der Waals surface area contributed by atoms with Crippen molar-refractivity contribution >= 4 is 11.6 Å². The molecule has 1 atom stereocenters. The summed E-state index contributed by atoms with van der Waals surface area (Å²) in [6.07, 6.45) is 3.85. The molecule has 0 N–H and O–H groups in total. The Kier molecular flexibility index (Phi) is 5.36. The molecule has 0 aliphatic carbocycles. The Bertz CT molecular complexity index is 388. The Morgan fingerprint density at radius 2 is 1.94 bits per heavy atom. The molecule has 17 heavy (non-hydrogen) atoms. The van der Waals surface area contributed by atoms with Crippen molar-refractivity contribution in [3.63, 3.8) is 0 Å². The van der Waals surface area contributed by atoms with E-state index in [0.29, 0.717) is 16.7 Å². The Morgan fingerprint density at radius 1 is 1.29 bits per heavy atom. The van der Waals surface area contributed by atoms with Crippen molar-refractivity contribution in [2.45, 2.75) is 25.7 Å². The molecule has 0 radical (unpaired) electrons. The van der Waals surface area contributed by atoms with Crippen LogP contribution in [0.15, 0.2) is 24.8 Å². The minimum atomic E-state index is 0.380. The van der Waals surface area contributed by atoms with Crippen LogP contribution in [0.3, 0.4) is 0 Å². The van der Waals surface area contributed by atoms with Crippen LogP contribution >= 0.6 is 11.6 Å². The Labute approximate surface area is 108 Å². The van der Waals surface area contributed by atoms with Crippen molar-refractivity contribution < 1.29 is 9.47 Å². The van der Waals surface area contributed by atoms with E-state index in [9.17, 15) is 0 Å². The van der Waals surface area contributed by atoms with E-state index in [1.165, 1.54) is 0 Å². The summed E-state index contributed by atoms with van der Waals surface area (Å²) in [6.45, 7) is 5.93. The summed E-state index contributed by atoms with van der Waals surface area (Å²) in [5, 5.41) is 0.616. The minimum Gasteiger partial charge on any atom is -0.496 e. The Balaban J connectivity index is 3.21. The first kappa shape index (κ1) is 13.9. The summed E-state index contributed by atoms with van der Waals surface area (Å²) >= 11 is 6.15. The van der Waals surface area contributed by atoms with Crippen LogP contribution in [0.1, 0.15) is 31.2 Å². The summed E-state index contributed by atoms with van der Waals surface area (Å²) in [5.74, 6) is 1.84. The summed E-state index contributed by atoms with van der Waals surface area (Å²) in [4.78, 5) is 0. The topological polar surface area (TPSA) is 18.5 Å². The van der Waals surface area contributed by atoms with Gasteiger partial charge in [0, 0.05) is 6.07 Å². The quantitative estimate of drug-likeness (QED) is 0.700. The molecule has 0 aliphatic rings. The molecule has 0 aromatic heterocycles. The maximum absolute atomic E-state index is 6.15. The van der Waals surface area contributed by atoms with Gasteiger partial charge in [0.15, 0.2) is 0 Å². The third kappa shape index (κ3) is 3.16. The van der Waals surface area contributed by atoms with Gasteiger partial charge >= 0.3 is 0 Å². The summed E-state index contributed by atoms with van der Waals surface area (Å²) in [6, 6.07) is 3.76. The fourth-order valence-corrected chi connectivity index (χ4v) is 2.17. The van der Waals surface area contributed by atoms with Gasteiger partial charge in [-0.15, -0.1) is 6.58 Å². The van der Waals surface area contributed by atoms with E-state index in [-0.39, 0.29) is 0 Å². The van der Waals surface area contributed by atoms with Crippen molar-refractivity contribution in [2.24, 2.45) is 0 Å². The van der Waals surface area contributed by atoms with Crippen LogP contribution in [0.25, 0.3) is 0 Å². The standard InChI is InChI=1S/C14H19ClO2/c1-5-7-10(6-2)11-8-12(15)14(17-4)9-13(11)16-3/h5,8-10H,1,6-7H2,2-4H3. The van der Waals surface area contributed by atoms with Crippen LogP contribution in [0.5, 0.6) is 11.5 Å². The van der Waals surface area contributed by atoms with E-state index in [2.05, 4.69) is 13.5 Å². The van der Waals surface area contributed by atoms with Gasteiger partial charge in [-0.25, -0.2) is 0 Å². The van der Waals surface area contributed by atoms with Crippen LogP contribution in [-0.4, -0.2) is 14.2 Å². The molecule has 0 spiro atoms. The zero-order valence-electron chi connectivity index (χ0n) is 10.6. The van der Waals surface area contributed by atoms with Gasteiger partial charge in [-0.05, 0) is 30.4 Å². The molecular weight excluding hydrogens is 236 g/mol. The molecule has 0 fully saturated rings. The largest absolute Gasteiger partial charge is 0.496 e. The minimum absolute atomic E-state index is 0.380. The predicted molar refractivity (Wildman–Crippen MR) is 72.4 cm³/mol. The second-order valence-corrected chi connectivity index (χ2v) is 4.27. The average molecular weight is 255 g/mol. The number of ether oxygens (including phenoxy) is 2. The lowest BCUT2D eigenvalue weighted by atomic mass is 9.92. The molecule has 1 unspecified atom stereocenters. The Morgan fingerprint density at radius 3 is 2.41 bits per heavy atom. The third-order valence-corrected chi connectivity index (χ3v) is 3.18. The van der Waals surface area contributed by atoms with E-state index in [1.807, 2.05) is 18.2 Å². The lowest BCUT2D eigenvalue weighted by Crippen LogP contribution is -2.01. The van der Waals surface area contributed by atoms with Gasteiger partial charge in [0.1, 0.15) is 11.5 Å². The molecule has 0 saturated carbocycles. The van der Waals surface area contributed by atoms with E-state index in [4.69, 9.17) is 21.1 Å². The summed E-state index contributed by atoms with van der Waals surface area (Å²) < 4.78 is 10.6. The van der Waals surface area contributed by atoms with Crippen molar-refractivity contribution in [1.29, 1.82) is 0 Å². The number of hydrogen-bond donors (Lipinski definition) is 0. The van der Waals surface area contributed by atoms with E-state index in [1.54, 1.807) is 14.2 Å². The van der Waals surface area contributed by atoms with Gasteiger partial charge in [0.25, 0.3) is 0 Å².